The van der Waals surface area contributed by atoms with Crippen molar-refractivity contribution < 1.29 is 8.78 Å². The largest absolute Gasteiger partial charge is 0.357 e. The van der Waals surface area contributed by atoms with Gasteiger partial charge in [-0.25, -0.2) is 13.8 Å². The summed E-state index contributed by atoms with van der Waals surface area (Å²) in [5.74, 6) is -0.429. The summed E-state index contributed by atoms with van der Waals surface area (Å²) in [5, 5.41) is 6.11. The topological polar surface area (TPSA) is 58.4 Å². The van der Waals surface area contributed by atoms with Crippen LogP contribution in [0.1, 0.15) is 23.6 Å². The zero-order chi connectivity index (χ0) is 21.3. The minimum absolute atomic E-state index is 0. The van der Waals surface area contributed by atoms with E-state index in [1.807, 2.05) is 37.3 Å². The zero-order valence-corrected chi connectivity index (χ0v) is 19.5. The molecule has 2 N–H and O–H groups in total. The van der Waals surface area contributed by atoms with Gasteiger partial charge in [0.2, 0.25) is 0 Å². The van der Waals surface area contributed by atoms with Crippen molar-refractivity contribution in [2.45, 2.75) is 26.6 Å². The van der Waals surface area contributed by atoms with Gasteiger partial charge >= 0.3 is 0 Å². The number of nitrogens with zero attached hydrogens (tertiary/aromatic N) is 2. The van der Waals surface area contributed by atoms with Gasteiger partial charge in [0.05, 0.1) is 13.1 Å². The van der Waals surface area contributed by atoms with E-state index >= 15 is 0 Å². The quantitative estimate of drug-likeness (QED) is 0.271. The van der Waals surface area contributed by atoms with Crippen molar-refractivity contribution in [2.75, 3.05) is 6.54 Å². The van der Waals surface area contributed by atoms with Crippen LogP contribution in [0.25, 0.3) is 0 Å². The Labute approximate surface area is 197 Å². The first-order valence-corrected chi connectivity index (χ1v) is 9.74. The highest BCUT2D eigenvalue weighted by molar-refractivity contribution is 14.0. The molecular formula is C23H25F2IN4O. The maximum absolute atomic E-state index is 13.8. The molecule has 164 valence electrons. The Morgan fingerprint density at radius 2 is 1.74 bits per heavy atom. The second-order valence-electron chi connectivity index (χ2n) is 6.77. The van der Waals surface area contributed by atoms with Crippen LogP contribution in [0.4, 0.5) is 8.78 Å². The lowest BCUT2D eigenvalue weighted by Crippen LogP contribution is -2.37. The number of pyridine rings is 1. The predicted octanol–water partition coefficient (Wildman–Crippen LogP) is 4.05. The molecule has 8 heteroatoms. The molecule has 0 aliphatic carbocycles. The maximum atomic E-state index is 13.8. The molecule has 0 spiro atoms. The van der Waals surface area contributed by atoms with Crippen LogP contribution in [0.2, 0.25) is 0 Å². The first kappa shape index (κ1) is 24.5. The molecule has 31 heavy (non-hydrogen) atoms. The van der Waals surface area contributed by atoms with Gasteiger partial charge < -0.3 is 15.2 Å². The summed E-state index contributed by atoms with van der Waals surface area (Å²) >= 11 is 0. The fourth-order valence-electron chi connectivity index (χ4n) is 2.91. The van der Waals surface area contributed by atoms with Gasteiger partial charge in [-0.2, -0.15) is 0 Å². The smallest absolute Gasteiger partial charge is 0.250 e. The molecule has 3 aromatic rings. The monoisotopic (exact) mass is 538 g/mol. The van der Waals surface area contributed by atoms with Crippen LogP contribution in [0, 0.1) is 11.6 Å². The van der Waals surface area contributed by atoms with Crippen molar-refractivity contribution in [1.29, 1.82) is 0 Å². The third-order valence-electron chi connectivity index (χ3n) is 4.49. The van der Waals surface area contributed by atoms with Gasteiger partial charge in [-0.1, -0.05) is 30.3 Å². The normalized spacial score (nSPS) is 11.0. The second-order valence-corrected chi connectivity index (χ2v) is 6.77. The number of hydrogen-bond acceptors (Lipinski definition) is 2. The second kappa shape index (κ2) is 12.2. The third kappa shape index (κ3) is 7.46. The Balaban J connectivity index is 0.00000341. The number of hydrogen-bond donors (Lipinski definition) is 2. The van der Waals surface area contributed by atoms with Crippen molar-refractivity contribution in [2.24, 2.45) is 4.99 Å². The SMILES string of the molecule is CCNC(=NCc1ccc(Cn2ccccc2=O)cc1)NCc1cc(F)ccc1F.I. The molecular weight excluding hydrogens is 513 g/mol. The van der Waals surface area contributed by atoms with Gasteiger partial charge in [-0.05, 0) is 42.3 Å². The van der Waals surface area contributed by atoms with Crippen LogP contribution in [-0.4, -0.2) is 17.1 Å². The maximum Gasteiger partial charge on any atom is 0.250 e. The lowest BCUT2D eigenvalue weighted by Gasteiger charge is -2.12. The summed E-state index contributed by atoms with van der Waals surface area (Å²) in [6, 6.07) is 16.3. The lowest BCUT2D eigenvalue weighted by molar-refractivity contribution is 0.581. The number of benzene rings is 2. The van der Waals surface area contributed by atoms with E-state index in [1.165, 1.54) is 12.1 Å². The van der Waals surface area contributed by atoms with Crippen LogP contribution < -0.4 is 16.2 Å². The molecule has 0 unspecified atom stereocenters. The number of nitrogens with one attached hydrogen (secondary N) is 2. The zero-order valence-electron chi connectivity index (χ0n) is 17.1. The Kier molecular flexibility index (Phi) is 9.64. The van der Waals surface area contributed by atoms with Crippen LogP contribution in [0.15, 0.2) is 76.6 Å². The average molecular weight is 538 g/mol. The van der Waals surface area contributed by atoms with Crippen molar-refractivity contribution in [3.63, 3.8) is 0 Å². The first-order chi connectivity index (χ1) is 14.5. The van der Waals surface area contributed by atoms with Gasteiger partial charge in [-0.3, -0.25) is 4.79 Å². The number of guanidine groups is 1. The van der Waals surface area contributed by atoms with E-state index in [0.717, 1.165) is 23.3 Å². The number of aliphatic imine (C=N–C) groups is 1. The van der Waals surface area contributed by atoms with E-state index < -0.39 is 11.6 Å². The summed E-state index contributed by atoms with van der Waals surface area (Å²) in [4.78, 5) is 16.3. The Morgan fingerprint density at radius 1 is 1.00 bits per heavy atom. The molecule has 0 aliphatic heterocycles. The molecule has 0 saturated heterocycles. The van der Waals surface area contributed by atoms with E-state index in [0.29, 0.717) is 25.6 Å². The van der Waals surface area contributed by atoms with E-state index in [4.69, 9.17) is 0 Å². The van der Waals surface area contributed by atoms with Gasteiger partial charge in [0.25, 0.3) is 5.56 Å². The van der Waals surface area contributed by atoms with Gasteiger partial charge in [0.1, 0.15) is 11.6 Å². The molecule has 0 amide bonds. The molecule has 0 atom stereocenters. The van der Waals surface area contributed by atoms with Crippen molar-refractivity contribution in [3.05, 3.63) is 106 Å². The van der Waals surface area contributed by atoms with E-state index in [-0.39, 0.29) is 41.6 Å². The molecule has 0 saturated carbocycles. The molecule has 2 aromatic carbocycles. The molecule has 1 aromatic heterocycles. The molecule has 5 nitrogen and oxygen atoms in total. The number of aromatic nitrogens is 1. The van der Waals surface area contributed by atoms with Crippen LogP contribution in [-0.2, 0) is 19.6 Å². The van der Waals surface area contributed by atoms with E-state index in [2.05, 4.69) is 15.6 Å². The molecule has 3 rings (SSSR count). The Bertz CT molecular complexity index is 1070. The summed E-state index contributed by atoms with van der Waals surface area (Å²) < 4.78 is 28.8. The summed E-state index contributed by atoms with van der Waals surface area (Å²) in [6.45, 7) is 3.63. The van der Waals surface area contributed by atoms with Crippen LogP contribution in [0.5, 0.6) is 0 Å². The average Bonchev–Trinajstić information content (AvgIpc) is 2.75. The van der Waals surface area contributed by atoms with Crippen molar-refractivity contribution in [1.82, 2.24) is 15.2 Å². The van der Waals surface area contributed by atoms with Crippen molar-refractivity contribution in [3.8, 4) is 0 Å². The summed E-state index contributed by atoms with van der Waals surface area (Å²) in [7, 11) is 0. The highest BCUT2D eigenvalue weighted by Crippen LogP contribution is 2.10. The lowest BCUT2D eigenvalue weighted by atomic mass is 10.1. The fourth-order valence-corrected chi connectivity index (χ4v) is 2.91. The molecule has 0 fully saturated rings. The minimum Gasteiger partial charge on any atom is -0.357 e. The molecule has 0 radical (unpaired) electrons. The number of rotatable bonds is 7. The van der Waals surface area contributed by atoms with Crippen LogP contribution in [0.3, 0.4) is 0 Å². The fraction of sp³-hybridized carbons (Fsp3) is 0.217. The minimum atomic E-state index is -0.479. The summed E-state index contributed by atoms with van der Waals surface area (Å²) in [5.41, 5.74) is 2.21. The van der Waals surface area contributed by atoms with Gasteiger partial charge in [0.15, 0.2) is 5.96 Å². The van der Waals surface area contributed by atoms with Gasteiger partial charge in [0, 0.05) is 30.9 Å². The Morgan fingerprint density at radius 3 is 2.45 bits per heavy atom. The highest BCUT2D eigenvalue weighted by atomic mass is 127. The third-order valence-corrected chi connectivity index (χ3v) is 4.49. The molecule has 0 aliphatic rings. The standard InChI is InChI=1S/C23H24F2N4O.HI/c1-2-26-23(28-15-19-13-20(24)10-11-21(19)25)27-14-17-6-8-18(9-7-17)16-29-12-4-3-5-22(29)30;/h3-13H,2,14-16H2,1H3,(H2,26,27,28);1H. The first-order valence-electron chi connectivity index (χ1n) is 9.74. The van der Waals surface area contributed by atoms with Crippen LogP contribution >= 0.6 is 24.0 Å². The summed E-state index contributed by atoms with van der Waals surface area (Å²) in [6.07, 6.45) is 1.76. The van der Waals surface area contributed by atoms with Crippen molar-refractivity contribution >= 4 is 29.9 Å². The van der Waals surface area contributed by atoms with E-state index in [1.54, 1.807) is 16.8 Å². The molecule has 0 bridgehead atoms. The highest BCUT2D eigenvalue weighted by Gasteiger charge is 2.05. The van der Waals surface area contributed by atoms with Gasteiger partial charge in [-0.15, -0.1) is 24.0 Å². The molecule has 1 heterocycles. The predicted molar refractivity (Wildman–Crippen MR) is 130 cm³/mol. The van der Waals surface area contributed by atoms with E-state index in [9.17, 15) is 13.6 Å². The number of halogens is 3. The Hall–Kier alpha value is -2.75.